The van der Waals surface area contributed by atoms with Gasteiger partial charge in [-0.2, -0.15) is 11.8 Å². The molecule has 86 valence electrons. The van der Waals surface area contributed by atoms with Crippen LogP contribution in [-0.2, 0) is 6.54 Å². The van der Waals surface area contributed by atoms with Crippen LogP contribution in [0.4, 0.5) is 4.39 Å². The van der Waals surface area contributed by atoms with Crippen molar-refractivity contribution in [3.8, 4) is 0 Å². The molecule has 0 spiro atoms. The maximum Gasteiger partial charge on any atom is 0.178 e. The molecule has 1 aromatic heterocycles. The Morgan fingerprint density at radius 3 is 3.00 bits per heavy atom. The number of imidazole rings is 1. The van der Waals surface area contributed by atoms with Crippen molar-refractivity contribution in [2.75, 3.05) is 6.26 Å². The number of hydrogen-bond acceptors (Lipinski definition) is 2. The highest BCUT2D eigenvalue weighted by Crippen LogP contribution is 2.18. The van der Waals surface area contributed by atoms with Gasteiger partial charge in [0.2, 0.25) is 0 Å². The number of thioether (sulfide) groups is 1. The Hall–Kier alpha value is -0.810. The van der Waals surface area contributed by atoms with Gasteiger partial charge in [-0.3, -0.25) is 0 Å². The lowest BCUT2D eigenvalue weighted by atomic mass is 10.3. The van der Waals surface area contributed by atoms with Crippen LogP contribution in [0.1, 0.15) is 6.92 Å². The molecule has 1 aromatic carbocycles. The molecule has 0 radical (unpaired) electrons. The summed E-state index contributed by atoms with van der Waals surface area (Å²) in [4.78, 5) is 3.03. The molecule has 1 atom stereocenters. The van der Waals surface area contributed by atoms with Crippen LogP contribution in [0, 0.1) is 10.6 Å². The fourth-order valence-corrected chi connectivity index (χ4v) is 2.23. The smallest absolute Gasteiger partial charge is 0.178 e. The van der Waals surface area contributed by atoms with Crippen molar-refractivity contribution in [1.82, 2.24) is 9.55 Å². The summed E-state index contributed by atoms with van der Waals surface area (Å²) in [5.74, 6) is -0.242. The summed E-state index contributed by atoms with van der Waals surface area (Å²) >= 11 is 7.03. The molecule has 0 aliphatic carbocycles. The van der Waals surface area contributed by atoms with E-state index < -0.39 is 0 Å². The number of aromatic amines is 1. The van der Waals surface area contributed by atoms with Crippen molar-refractivity contribution < 1.29 is 4.39 Å². The third-order valence-electron chi connectivity index (χ3n) is 2.58. The minimum atomic E-state index is -0.242. The standard InChI is InChI=1S/C11H13FN2S2/c1-7(16-2)6-14-10-4-3-8(12)5-9(10)13-11(14)15/h3-5,7H,6H2,1-2H3,(H,13,15). The molecule has 2 rings (SSSR count). The van der Waals surface area contributed by atoms with Crippen LogP contribution in [0.5, 0.6) is 0 Å². The molecular weight excluding hydrogens is 243 g/mol. The van der Waals surface area contributed by atoms with Gasteiger partial charge < -0.3 is 9.55 Å². The highest BCUT2D eigenvalue weighted by atomic mass is 32.2. The van der Waals surface area contributed by atoms with E-state index in [2.05, 4.69) is 18.2 Å². The molecule has 1 unspecified atom stereocenters. The first-order valence-electron chi connectivity index (χ1n) is 5.02. The zero-order valence-corrected chi connectivity index (χ0v) is 10.8. The summed E-state index contributed by atoms with van der Waals surface area (Å²) in [7, 11) is 0. The van der Waals surface area contributed by atoms with Gasteiger partial charge in [-0.25, -0.2) is 4.39 Å². The second-order valence-corrected chi connectivity index (χ2v) is 5.41. The van der Waals surface area contributed by atoms with E-state index >= 15 is 0 Å². The predicted molar refractivity (Wildman–Crippen MR) is 70.1 cm³/mol. The molecule has 1 N–H and O–H groups in total. The van der Waals surface area contributed by atoms with E-state index in [-0.39, 0.29) is 5.82 Å². The van der Waals surface area contributed by atoms with Crippen LogP contribution >= 0.6 is 24.0 Å². The average Bonchev–Trinajstić information content (AvgIpc) is 2.54. The van der Waals surface area contributed by atoms with Gasteiger partial charge in [0.1, 0.15) is 5.82 Å². The third-order valence-corrected chi connectivity index (χ3v) is 3.85. The number of benzene rings is 1. The summed E-state index contributed by atoms with van der Waals surface area (Å²) in [5.41, 5.74) is 1.73. The molecule has 2 aromatic rings. The van der Waals surface area contributed by atoms with Crippen LogP contribution in [0.25, 0.3) is 11.0 Å². The van der Waals surface area contributed by atoms with Crippen LogP contribution in [0.15, 0.2) is 18.2 Å². The lowest BCUT2D eigenvalue weighted by Gasteiger charge is -2.09. The maximum atomic E-state index is 13.0. The van der Waals surface area contributed by atoms with Crippen LogP contribution in [-0.4, -0.2) is 21.1 Å². The highest BCUT2D eigenvalue weighted by molar-refractivity contribution is 7.99. The normalized spacial score (nSPS) is 13.2. The second-order valence-electron chi connectivity index (χ2n) is 3.75. The Bertz CT molecular complexity index is 559. The van der Waals surface area contributed by atoms with Crippen LogP contribution in [0.3, 0.4) is 0 Å². The zero-order valence-electron chi connectivity index (χ0n) is 9.16. The molecule has 1 heterocycles. The van der Waals surface area contributed by atoms with Gasteiger partial charge in [0.25, 0.3) is 0 Å². The van der Waals surface area contributed by atoms with Crippen molar-refractivity contribution >= 4 is 35.0 Å². The largest absolute Gasteiger partial charge is 0.330 e. The highest BCUT2D eigenvalue weighted by Gasteiger charge is 2.08. The number of H-pyrrole nitrogens is 1. The zero-order chi connectivity index (χ0) is 11.7. The van der Waals surface area contributed by atoms with Crippen molar-refractivity contribution in [3.05, 3.63) is 28.8 Å². The number of nitrogens with zero attached hydrogens (tertiary/aromatic N) is 1. The number of aromatic nitrogens is 2. The molecule has 5 heteroatoms. The first kappa shape index (κ1) is 11.7. The quantitative estimate of drug-likeness (QED) is 0.847. The molecule has 0 aliphatic rings. The maximum absolute atomic E-state index is 13.0. The first-order chi connectivity index (χ1) is 7.61. The number of halogens is 1. The van der Waals surface area contributed by atoms with Gasteiger partial charge in [0, 0.05) is 11.8 Å². The van der Waals surface area contributed by atoms with Gasteiger partial charge >= 0.3 is 0 Å². The summed E-state index contributed by atoms with van der Waals surface area (Å²) in [6, 6.07) is 4.71. The molecule has 0 aliphatic heterocycles. The fraction of sp³-hybridized carbons (Fsp3) is 0.364. The summed E-state index contributed by atoms with van der Waals surface area (Å²) in [6.45, 7) is 2.99. The summed E-state index contributed by atoms with van der Waals surface area (Å²) in [5, 5.41) is 0.482. The molecular formula is C11H13FN2S2. The first-order valence-corrected chi connectivity index (χ1v) is 6.72. The van der Waals surface area contributed by atoms with Gasteiger partial charge in [0.05, 0.1) is 11.0 Å². The Labute approximate surface area is 103 Å². The monoisotopic (exact) mass is 256 g/mol. The van der Waals surface area contributed by atoms with Gasteiger partial charge in [-0.15, -0.1) is 0 Å². The SMILES string of the molecule is CSC(C)Cn1c(=S)[nH]c2cc(F)ccc21. The second kappa shape index (κ2) is 4.59. The lowest BCUT2D eigenvalue weighted by Crippen LogP contribution is -2.08. The molecule has 0 fully saturated rings. The molecule has 0 amide bonds. The Kier molecular flexibility index (Phi) is 3.35. The van der Waals surface area contributed by atoms with Gasteiger partial charge in [-0.05, 0) is 36.7 Å². The lowest BCUT2D eigenvalue weighted by molar-refractivity contribution is 0.629. The van der Waals surface area contributed by atoms with E-state index in [1.807, 2.05) is 4.57 Å². The van der Waals surface area contributed by atoms with E-state index in [1.54, 1.807) is 17.8 Å². The molecule has 2 nitrogen and oxygen atoms in total. The van der Waals surface area contributed by atoms with E-state index in [0.29, 0.717) is 10.0 Å². The molecule has 0 saturated carbocycles. The van der Waals surface area contributed by atoms with E-state index in [4.69, 9.17) is 12.2 Å². The van der Waals surface area contributed by atoms with E-state index in [0.717, 1.165) is 17.6 Å². The van der Waals surface area contributed by atoms with Gasteiger partial charge in [-0.1, -0.05) is 6.92 Å². The molecule has 0 saturated heterocycles. The summed E-state index contributed by atoms with van der Waals surface area (Å²) < 4.78 is 15.7. The number of hydrogen-bond donors (Lipinski definition) is 1. The minimum absolute atomic E-state index is 0.242. The number of fused-ring (bicyclic) bond motifs is 1. The van der Waals surface area contributed by atoms with E-state index in [9.17, 15) is 4.39 Å². The molecule has 16 heavy (non-hydrogen) atoms. The number of nitrogens with one attached hydrogen (secondary N) is 1. The summed E-state index contributed by atoms with van der Waals surface area (Å²) in [6.07, 6.45) is 2.07. The minimum Gasteiger partial charge on any atom is -0.330 e. The van der Waals surface area contributed by atoms with Crippen molar-refractivity contribution in [3.63, 3.8) is 0 Å². The Balaban J connectivity index is 2.52. The van der Waals surface area contributed by atoms with E-state index in [1.165, 1.54) is 12.1 Å². The topological polar surface area (TPSA) is 20.7 Å². The fourth-order valence-electron chi connectivity index (χ4n) is 1.65. The van der Waals surface area contributed by atoms with Gasteiger partial charge in [0.15, 0.2) is 4.77 Å². The number of rotatable bonds is 3. The van der Waals surface area contributed by atoms with Crippen LogP contribution < -0.4 is 0 Å². The van der Waals surface area contributed by atoms with Crippen molar-refractivity contribution in [2.45, 2.75) is 18.7 Å². The Morgan fingerprint density at radius 2 is 2.31 bits per heavy atom. The van der Waals surface area contributed by atoms with Crippen molar-refractivity contribution in [1.29, 1.82) is 0 Å². The third kappa shape index (κ3) is 2.15. The predicted octanol–water partition coefficient (Wildman–Crippen LogP) is 3.59. The van der Waals surface area contributed by atoms with Crippen molar-refractivity contribution in [2.24, 2.45) is 0 Å². The Morgan fingerprint density at radius 1 is 1.56 bits per heavy atom. The molecule has 0 bridgehead atoms. The average molecular weight is 256 g/mol. The van der Waals surface area contributed by atoms with Crippen LogP contribution in [0.2, 0.25) is 0 Å².